The van der Waals surface area contributed by atoms with Gasteiger partial charge in [-0.15, -0.1) is 0 Å². The normalized spacial score (nSPS) is 10.8. The summed E-state index contributed by atoms with van der Waals surface area (Å²) in [6.07, 6.45) is 4.48. The standard InChI is InChI=1S/C14H19N3O/c1-10-5-12(6-11(2)14(10)18)7-15-4-3-13-8-16-9-17-13/h5-6,8-9,15,18H,3-4,7H2,1-2H3,(H,16,17). The maximum absolute atomic E-state index is 9.70. The number of nitrogens with one attached hydrogen (secondary N) is 2. The van der Waals surface area contributed by atoms with Crippen molar-refractivity contribution in [3.63, 3.8) is 0 Å². The van der Waals surface area contributed by atoms with E-state index in [0.717, 1.165) is 36.3 Å². The highest BCUT2D eigenvalue weighted by molar-refractivity contribution is 5.42. The van der Waals surface area contributed by atoms with Crippen LogP contribution < -0.4 is 5.32 Å². The molecule has 0 radical (unpaired) electrons. The molecule has 18 heavy (non-hydrogen) atoms. The number of phenolic OH excluding ortho intramolecular Hbond substituents is 1. The number of rotatable bonds is 5. The van der Waals surface area contributed by atoms with Gasteiger partial charge in [-0.2, -0.15) is 0 Å². The zero-order chi connectivity index (χ0) is 13.0. The molecule has 0 aliphatic rings. The zero-order valence-electron chi connectivity index (χ0n) is 10.8. The summed E-state index contributed by atoms with van der Waals surface area (Å²) in [6, 6.07) is 4.04. The molecule has 0 atom stereocenters. The molecule has 1 aromatic carbocycles. The lowest BCUT2D eigenvalue weighted by Crippen LogP contribution is -2.17. The largest absolute Gasteiger partial charge is 0.507 e. The Balaban J connectivity index is 1.83. The molecule has 1 aromatic heterocycles. The second kappa shape index (κ2) is 5.69. The maximum Gasteiger partial charge on any atom is 0.121 e. The number of benzene rings is 1. The molecule has 3 N–H and O–H groups in total. The average molecular weight is 245 g/mol. The number of hydrogen-bond acceptors (Lipinski definition) is 3. The van der Waals surface area contributed by atoms with E-state index in [2.05, 4.69) is 15.3 Å². The second-order valence-corrected chi connectivity index (χ2v) is 4.58. The van der Waals surface area contributed by atoms with Gasteiger partial charge in [0, 0.05) is 31.4 Å². The van der Waals surface area contributed by atoms with E-state index in [1.165, 1.54) is 5.56 Å². The molecule has 0 saturated carbocycles. The summed E-state index contributed by atoms with van der Waals surface area (Å²) < 4.78 is 0. The SMILES string of the molecule is Cc1cc(CNCCc2cnc[nH]2)cc(C)c1O. The number of aromatic amines is 1. The minimum Gasteiger partial charge on any atom is -0.507 e. The van der Waals surface area contributed by atoms with E-state index >= 15 is 0 Å². The van der Waals surface area contributed by atoms with Gasteiger partial charge in [0.05, 0.1) is 6.33 Å². The fourth-order valence-electron chi connectivity index (χ4n) is 2.02. The van der Waals surface area contributed by atoms with Crippen molar-refractivity contribution in [2.45, 2.75) is 26.8 Å². The second-order valence-electron chi connectivity index (χ2n) is 4.58. The Kier molecular flexibility index (Phi) is 3.99. The van der Waals surface area contributed by atoms with Crippen LogP contribution in [0.4, 0.5) is 0 Å². The van der Waals surface area contributed by atoms with Crippen molar-refractivity contribution >= 4 is 0 Å². The Morgan fingerprint density at radius 2 is 2.00 bits per heavy atom. The van der Waals surface area contributed by atoms with Gasteiger partial charge in [0.25, 0.3) is 0 Å². The molecule has 0 aliphatic heterocycles. The van der Waals surface area contributed by atoms with Crippen LogP contribution in [0.25, 0.3) is 0 Å². The van der Waals surface area contributed by atoms with Crippen LogP contribution in [0.2, 0.25) is 0 Å². The Hall–Kier alpha value is -1.81. The van der Waals surface area contributed by atoms with Gasteiger partial charge in [-0.3, -0.25) is 0 Å². The summed E-state index contributed by atoms with van der Waals surface area (Å²) in [4.78, 5) is 7.06. The lowest BCUT2D eigenvalue weighted by molar-refractivity contribution is 0.466. The Labute approximate surface area is 107 Å². The van der Waals surface area contributed by atoms with Gasteiger partial charge < -0.3 is 15.4 Å². The molecule has 0 aliphatic carbocycles. The number of nitrogens with zero attached hydrogens (tertiary/aromatic N) is 1. The fraction of sp³-hybridized carbons (Fsp3) is 0.357. The van der Waals surface area contributed by atoms with Crippen LogP contribution in [0.5, 0.6) is 5.75 Å². The lowest BCUT2D eigenvalue weighted by atomic mass is 10.1. The van der Waals surface area contributed by atoms with Crippen molar-refractivity contribution in [1.29, 1.82) is 0 Å². The Bertz CT molecular complexity index is 483. The quantitative estimate of drug-likeness (QED) is 0.707. The first kappa shape index (κ1) is 12.6. The molecule has 96 valence electrons. The molecule has 1 heterocycles. The minimum absolute atomic E-state index is 0.399. The van der Waals surface area contributed by atoms with Crippen LogP contribution in [-0.4, -0.2) is 21.6 Å². The molecular weight excluding hydrogens is 226 g/mol. The van der Waals surface area contributed by atoms with Gasteiger partial charge in [0.1, 0.15) is 5.75 Å². The van der Waals surface area contributed by atoms with E-state index in [-0.39, 0.29) is 0 Å². The number of H-pyrrole nitrogens is 1. The molecule has 4 heteroatoms. The molecule has 0 spiro atoms. The van der Waals surface area contributed by atoms with E-state index in [1.807, 2.05) is 32.2 Å². The van der Waals surface area contributed by atoms with Gasteiger partial charge in [-0.05, 0) is 30.5 Å². The van der Waals surface area contributed by atoms with Gasteiger partial charge in [0.2, 0.25) is 0 Å². The first-order valence-electron chi connectivity index (χ1n) is 6.14. The van der Waals surface area contributed by atoms with Gasteiger partial charge in [0.15, 0.2) is 0 Å². The third-order valence-electron chi connectivity index (χ3n) is 3.01. The molecule has 0 fully saturated rings. The topological polar surface area (TPSA) is 60.9 Å². The molecule has 4 nitrogen and oxygen atoms in total. The van der Waals surface area contributed by atoms with Crippen molar-refractivity contribution in [1.82, 2.24) is 15.3 Å². The van der Waals surface area contributed by atoms with Crippen LogP contribution in [0, 0.1) is 13.8 Å². The summed E-state index contributed by atoms with van der Waals surface area (Å²) in [6.45, 7) is 5.57. The highest BCUT2D eigenvalue weighted by Crippen LogP contribution is 2.22. The van der Waals surface area contributed by atoms with Gasteiger partial charge in [-0.25, -0.2) is 4.98 Å². The highest BCUT2D eigenvalue weighted by Gasteiger charge is 2.03. The zero-order valence-corrected chi connectivity index (χ0v) is 10.8. The number of aryl methyl sites for hydroxylation is 2. The molecular formula is C14H19N3O. The van der Waals surface area contributed by atoms with Gasteiger partial charge in [-0.1, -0.05) is 12.1 Å². The Morgan fingerprint density at radius 1 is 1.28 bits per heavy atom. The monoisotopic (exact) mass is 245 g/mol. The lowest BCUT2D eigenvalue weighted by Gasteiger charge is -2.09. The number of phenols is 1. The molecule has 0 amide bonds. The molecule has 0 saturated heterocycles. The summed E-state index contributed by atoms with van der Waals surface area (Å²) in [5.74, 6) is 0.399. The predicted octanol–water partition coefficient (Wildman–Crippen LogP) is 2.06. The van der Waals surface area contributed by atoms with Crippen molar-refractivity contribution in [3.8, 4) is 5.75 Å². The van der Waals surface area contributed by atoms with Crippen LogP contribution in [-0.2, 0) is 13.0 Å². The van der Waals surface area contributed by atoms with E-state index < -0.39 is 0 Å². The van der Waals surface area contributed by atoms with E-state index in [1.54, 1.807) is 6.33 Å². The summed E-state index contributed by atoms with van der Waals surface area (Å²) in [5, 5.41) is 13.1. The number of imidazole rings is 1. The first-order valence-corrected chi connectivity index (χ1v) is 6.14. The molecule has 0 bridgehead atoms. The highest BCUT2D eigenvalue weighted by atomic mass is 16.3. The van der Waals surface area contributed by atoms with Crippen LogP contribution in [0.3, 0.4) is 0 Å². The number of aromatic nitrogens is 2. The van der Waals surface area contributed by atoms with Crippen molar-refractivity contribution in [2.75, 3.05) is 6.54 Å². The van der Waals surface area contributed by atoms with Crippen LogP contribution in [0.1, 0.15) is 22.4 Å². The summed E-state index contributed by atoms with van der Waals surface area (Å²) >= 11 is 0. The van der Waals surface area contributed by atoms with Crippen molar-refractivity contribution < 1.29 is 5.11 Å². The predicted molar refractivity (Wildman–Crippen MR) is 71.6 cm³/mol. The Morgan fingerprint density at radius 3 is 2.61 bits per heavy atom. The van der Waals surface area contributed by atoms with Crippen molar-refractivity contribution in [2.24, 2.45) is 0 Å². The third-order valence-corrected chi connectivity index (χ3v) is 3.01. The maximum atomic E-state index is 9.70. The fourth-order valence-corrected chi connectivity index (χ4v) is 2.02. The summed E-state index contributed by atoms with van der Waals surface area (Å²) in [5.41, 5.74) is 4.20. The van der Waals surface area contributed by atoms with E-state index in [9.17, 15) is 5.11 Å². The van der Waals surface area contributed by atoms with Crippen LogP contribution in [0.15, 0.2) is 24.7 Å². The average Bonchev–Trinajstić information content (AvgIpc) is 2.84. The van der Waals surface area contributed by atoms with Crippen molar-refractivity contribution in [3.05, 3.63) is 47.0 Å². The van der Waals surface area contributed by atoms with E-state index in [0.29, 0.717) is 5.75 Å². The molecule has 2 aromatic rings. The number of hydrogen-bond donors (Lipinski definition) is 3. The smallest absolute Gasteiger partial charge is 0.121 e. The van der Waals surface area contributed by atoms with Crippen LogP contribution >= 0.6 is 0 Å². The molecule has 0 unspecified atom stereocenters. The third kappa shape index (κ3) is 3.11. The summed E-state index contributed by atoms with van der Waals surface area (Å²) in [7, 11) is 0. The molecule has 2 rings (SSSR count). The van der Waals surface area contributed by atoms with Gasteiger partial charge >= 0.3 is 0 Å². The van der Waals surface area contributed by atoms with E-state index in [4.69, 9.17) is 0 Å². The minimum atomic E-state index is 0.399. The number of aromatic hydroxyl groups is 1. The first-order chi connectivity index (χ1) is 8.66.